The smallest absolute Gasteiger partial charge is 0.410 e. The van der Waals surface area contributed by atoms with Crippen molar-refractivity contribution in [2.75, 3.05) is 13.1 Å². The van der Waals surface area contributed by atoms with E-state index in [0.717, 1.165) is 0 Å². The lowest BCUT2D eigenvalue weighted by atomic mass is 9.88. The molecule has 0 saturated carbocycles. The maximum atomic E-state index is 13.5. The van der Waals surface area contributed by atoms with E-state index in [1.165, 1.54) is 0 Å². The fourth-order valence-electron chi connectivity index (χ4n) is 1.85. The van der Waals surface area contributed by atoms with E-state index in [0.29, 0.717) is 4.90 Å². The molecular formula is C11H18F2N2O4. The Morgan fingerprint density at radius 3 is 2.26 bits per heavy atom. The number of piperidine rings is 1. The van der Waals surface area contributed by atoms with Crippen molar-refractivity contribution in [1.82, 2.24) is 4.90 Å². The second-order valence-electron chi connectivity index (χ2n) is 5.83. The molecule has 6 nitrogen and oxygen atoms in total. The highest BCUT2D eigenvalue weighted by atomic mass is 19.3. The Bertz CT molecular complexity index is 395. The Morgan fingerprint density at radius 2 is 1.84 bits per heavy atom. The molecule has 0 aromatic carbocycles. The number of nitrogens with zero attached hydrogens (tertiary/aromatic N) is 1. The van der Waals surface area contributed by atoms with Gasteiger partial charge in [0.2, 0.25) is 0 Å². The van der Waals surface area contributed by atoms with Gasteiger partial charge in [0.05, 0.1) is 13.1 Å². The predicted molar refractivity (Wildman–Crippen MR) is 61.9 cm³/mol. The molecule has 0 aliphatic carbocycles. The monoisotopic (exact) mass is 280 g/mol. The van der Waals surface area contributed by atoms with Crippen LogP contribution in [0.2, 0.25) is 0 Å². The van der Waals surface area contributed by atoms with Crippen LogP contribution >= 0.6 is 0 Å². The van der Waals surface area contributed by atoms with Gasteiger partial charge in [-0.05, 0) is 20.8 Å². The summed E-state index contributed by atoms with van der Waals surface area (Å²) < 4.78 is 32.0. The van der Waals surface area contributed by atoms with E-state index in [2.05, 4.69) is 0 Å². The molecule has 1 atom stereocenters. The number of ether oxygens (including phenoxy) is 1. The first kappa shape index (κ1) is 15.6. The molecule has 0 aromatic rings. The van der Waals surface area contributed by atoms with Crippen molar-refractivity contribution in [3.8, 4) is 0 Å². The van der Waals surface area contributed by atoms with Crippen LogP contribution in [0.3, 0.4) is 0 Å². The zero-order valence-corrected chi connectivity index (χ0v) is 11.1. The van der Waals surface area contributed by atoms with Gasteiger partial charge in [0.1, 0.15) is 11.1 Å². The maximum Gasteiger partial charge on any atom is 0.410 e. The van der Waals surface area contributed by atoms with Crippen LogP contribution in [0.4, 0.5) is 13.6 Å². The predicted octanol–water partition coefficient (Wildman–Crippen LogP) is 1.04. The first-order valence-electron chi connectivity index (χ1n) is 5.73. The fourth-order valence-corrected chi connectivity index (χ4v) is 1.85. The topological polar surface area (TPSA) is 92.9 Å². The number of likely N-dealkylation sites (tertiary alicyclic amines) is 1. The molecule has 1 fully saturated rings. The normalized spacial score (nSPS) is 26.9. The van der Waals surface area contributed by atoms with Crippen molar-refractivity contribution in [3.63, 3.8) is 0 Å². The summed E-state index contributed by atoms with van der Waals surface area (Å²) in [4.78, 5) is 23.4. The van der Waals surface area contributed by atoms with E-state index in [9.17, 15) is 18.4 Å². The summed E-state index contributed by atoms with van der Waals surface area (Å²) >= 11 is 0. The van der Waals surface area contributed by atoms with Gasteiger partial charge in [-0.15, -0.1) is 0 Å². The first-order chi connectivity index (χ1) is 8.35. The molecule has 110 valence electrons. The van der Waals surface area contributed by atoms with Gasteiger partial charge in [-0.2, -0.15) is 0 Å². The Morgan fingerprint density at radius 1 is 1.32 bits per heavy atom. The van der Waals surface area contributed by atoms with Crippen molar-refractivity contribution in [2.45, 2.75) is 44.3 Å². The molecule has 1 aliphatic rings. The molecule has 1 unspecified atom stereocenters. The maximum absolute atomic E-state index is 13.5. The van der Waals surface area contributed by atoms with E-state index >= 15 is 0 Å². The van der Waals surface area contributed by atoms with Crippen LogP contribution in [0.15, 0.2) is 0 Å². The van der Waals surface area contributed by atoms with Crippen LogP contribution in [-0.4, -0.2) is 52.2 Å². The summed E-state index contributed by atoms with van der Waals surface area (Å²) in [5, 5.41) is 8.92. The number of alkyl halides is 2. The van der Waals surface area contributed by atoms with Gasteiger partial charge < -0.3 is 15.6 Å². The van der Waals surface area contributed by atoms with Crippen LogP contribution in [0.1, 0.15) is 27.2 Å². The average molecular weight is 280 g/mol. The van der Waals surface area contributed by atoms with Gasteiger partial charge in [0.15, 0.2) is 0 Å². The Hall–Kier alpha value is -1.44. The fraction of sp³-hybridized carbons (Fsp3) is 0.818. The van der Waals surface area contributed by atoms with E-state index in [4.69, 9.17) is 15.6 Å². The van der Waals surface area contributed by atoms with Crippen molar-refractivity contribution >= 4 is 12.1 Å². The third kappa shape index (κ3) is 4.02. The number of carboxylic acids is 1. The standard InChI is InChI=1S/C11H18F2N2O4/c1-9(2,3)19-8(18)15-5-10(14,7(16)17)4-11(12,13)6-15/h4-6,14H2,1-3H3,(H,16,17). The number of amides is 1. The first-order valence-corrected chi connectivity index (χ1v) is 5.73. The molecule has 0 radical (unpaired) electrons. The van der Waals surface area contributed by atoms with Gasteiger partial charge in [-0.25, -0.2) is 13.6 Å². The van der Waals surface area contributed by atoms with E-state index in [-0.39, 0.29) is 0 Å². The molecule has 1 saturated heterocycles. The zero-order chi connectivity index (χ0) is 15.1. The van der Waals surface area contributed by atoms with E-state index < -0.39 is 48.6 Å². The number of rotatable bonds is 1. The minimum absolute atomic E-state index is 0.507. The highest BCUT2D eigenvalue weighted by Crippen LogP contribution is 2.32. The van der Waals surface area contributed by atoms with Gasteiger partial charge in [0.25, 0.3) is 5.92 Å². The summed E-state index contributed by atoms with van der Waals surface area (Å²) in [5.41, 5.74) is 2.42. The van der Waals surface area contributed by atoms with Crippen LogP contribution in [0, 0.1) is 0 Å². The third-order valence-corrected chi connectivity index (χ3v) is 2.55. The molecule has 19 heavy (non-hydrogen) atoms. The largest absolute Gasteiger partial charge is 0.480 e. The summed E-state index contributed by atoms with van der Waals surface area (Å²) in [5.74, 6) is -4.93. The number of hydrogen-bond acceptors (Lipinski definition) is 4. The van der Waals surface area contributed by atoms with E-state index in [1.807, 2.05) is 0 Å². The second-order valence-corrected chi connectivity index (χ2v) is 5.83. The highest BCUT2D eigenvalue weighted by Gasteiger charge is 2.53. The van der Waals surface area contributed by atoms with E-state index in [1.54, 1.807) is 20.8 Å². The quantitative estimate of drug-likeness (QED) is 0.748. The average Bonchev–Trinajstić information content (AvgIpc) is 2.11. The van der Waals surface area contributed by atoms with Crippen molar-refractivity contribution in [3.05, 3.63) is 0 Å². The number of aliphatic carboxylic acids is 1. The van der Waals surface area contributed by atoms with Gasteiger partial charge in [-0.1, -0.05) is 0 Å². The van der Waals surface area contributed by atoms with Gasteiger partial charge >= 0.3 is 12.1 Å². The molecule has 1 aliphatic heterocycles. The Balaban J connectivity index is 2.91. The number of carbonyl (C=O) groups excluding carboxylic acids is 1. The van der Waals surface area contributed by atoms with Crippen molar-refractivity contribution in [1.29, 1.82) is 0 Å². The number of carboxylic acid groups (broad SMARTS) is 1. The van der Waals surface area contributed by atoms with Crippen molar-refractivity contribution < 1.29 is 28.2 Å². The molecule has 0 aromatic heterocycles. The number of carbonyl (C=O) groups is 2. The van der Waals surface area contributed by atoms with Crippen LogP contribution in [-0.2, 0) is 9.53 Å². The molecular weight excluding hydrogens is 262 g/mol. The molecule has 1 amide bonds. The lowest BCUT2D eigenvalue weighted by Crippen LogP contribution is -2.66. The minimum Gasteiger partial charge on any atom is -0.480 e. The number of halogens is 2. The lowest BCUT2D eigenvalue weighted by molar-refractivity contribution is -0.155. The zero-order valence-electron chi connectivity index (χ0n) is 11.1. The van der Waals surface area contributed by atoms with Crippen LogP contribution < -0.4 is 5.73 Å². The molecule has 1 heterocycles. The van der Waals surface area contributed by atoms with Crippen LogP contribution in [0.25, 0.3) is 0 Å². The van der Waals surface area contributed by atoms with Crippen LogP contribution in [0.5, 0.6) is 0 Å². The second kappa shape index (κ2) is 4.59. The summed E-state index contributed by atoms with van der Waals surface area (Å²) in [6.45, 7) is 3.35. The SMILES string of the molecule is CC(C)(C)OC(=O)N1CC(F)(F)CC(N)(C(=O)O)C1. The Kier molecular flexibility index (Phi) is 3.77. The third-order valence-electron chi connectivity index (χ3n) is 2.55. The molecule has 0 spiro atoms. The lowest BCUT2D eigenvalue weighted by Gasteiger charge is -2.41. The minimum atomic E-state index is -3.36. The molecule has 3 N–H and O–H groups in total. The number of hydrogen-bond donors (Lipinski definition) is 2. The highest BCUT2D eigenvalue weighted by molar-refractivity contribution is 5.80. The molecule has 0 bridgehead atoms. The number of nitrogens with two attached hydrogens (primary N) is 1. The van der Waals surface area contributed by atoms with Crippen molar-refractivity contribution in [2.24, 2.45) is 5.73 Å². The summed E-state index contributed by atoms with van der Waals surface area (Å²) in [6, 6.07) is 0. The van der Waals surface area contributed by atoms with Gasteiger partial charge in [-0.3, -0.25) is 9.69 Å². The summed E-state index contributed by atoms with van der Waals surface area (Å²) in [7, 11) is 0. The van der Waals surface area contributed by atoms with Gasteiger partial charge in [0, 0.05) is 6.42 Å². The summed E-state index contributed by atoms with van der Waals surface area (Å²) in [6.07, 6.45) is -2.00. The molecule has 1 rings (SSSR count). The molecule has 8 heteroatoms. The Labute approximate surface area is 109 Å².